The van der Waals surface area contributed by atoms with E-state index in [4.69, 9.17) is 23.7 Å². The van der Waals surface area contributed by atoms with E-state index in [0.29, 0.717) is 52.3 Å². The normalized spacial score (nSPS) is 15.9. The van der Waals surface area contributed by atoms with Crippen LogP contribution in [-0.4, -0.2) is 38.6 Å². The zero-order valence-electron chi connectivity index (χ0n) is 36.5. The maximum Gasteiger partial charge on any atom is 0.128 e. The van der Waals surface area contributed by atoms with Gasteiger partial charge in [-0.3, -0.25) is 0 Å². The molecule has 56 heavy (non-hydrogen) atoms. The van der Waals surface area contributed by atoms with Crippen LogP contribution in [0.2, 0.25) is 0 Å². The fourth-order valence-electron chi connectivity index (χ4n) is 7.79. The number of aromatic hydroxyl groups is 1. The molecule has 0 saturated heterocycles. The predicted molar refractivity (Wildman–Crippen MR) is 228 cm³/mol. The van der Waals surface area contributed by atoms with Crippen molar-refractivity contribution in [1.29, 1.82) is 0 Å². The molecule has 6 nitrogen and oxygen atoms in total. The van der Waals surface area contributed by atoms with Gasteiger partial charge in [-0.1, -0.05) is 119 Å². The number of phenolic OH excluding ortho intramolecular Hbond substituents is 1. The molecule has 0 aromatic heterocycles. The third kappa shape index (κ3) is 9.24. The third-order valence-electron chi connectivity index (χ3n) is 11.3. The Bertz CT molecular complexity index is 2060. The van der Waals surface area contributed by atoms with Crippen LogP contribution in [0.5, 0.6) is 23.0 Å². The lowest BCUT2D eigenvalue weighted by Crippen LogP contribution is -2.19. The second-order valence-corrected chi connectivity index (χ2v) is 20.1. The highest BCUT2D eigenvalue weighted by molar-refractivity contribution is 5.58. The van der Waals surface area contributed by atoms with Gasteiger partial charge >= 0.3 is 0 Å². The van der Waals surface area contributed by atoms with Crippen LogP contribution in [0.15, 0.2) is 48.5 Å². The van der Waals surface area contributed by atoms with Crippen molar-refractivity contribution in [2.45, 2.75) is 137 Å². The number of hydrogen-bond acceptors (Lipinski definition) is 6. The Hall–Kier alpha value is -4.00. The molecule has 4 aromatic carbocycles. The number of phenols is 1. The molecule has 0 spiro atoms. The van der Waals surface area contributed by atoms with Crippen molar-refractivity contribution in [3.63, 3.8) is 0 Å². The number of benzene rings is 4. The first-order valence-electron chi connectivity index (χ1n) is 20.4. The van der Waals surface area contributed by atoms with Crippen LogP contribution < -0.4 is 14.2 Å². The van der Waals surface area contributed by atoms with Gasteiger partial charge in [-0.05, 0) is 89.4 Å². The number of hydrogen-bond donors (Lipinski definition) is 1. The van der Waals surface area contributed by atoms with Gasteiger partial charge in [0.15, 0.2) is 0 Å². The average Bonchev–Trinajstić information content (AvgIpc) is 3.08. The lowest BCUT2D eigenvalue weighted by atomic mass is 9.80. The molecule has 0 fully saturated rings. The molecule has 0 unspecified atom stereocenters. The molecular formula is C50H66O6. The summed E-state index contributed by atoms with van der Waals surface area (Å²) in [7, 11) is 1.79. The monoisotopic (exact) mass is 762 g/mol. The Labute approximate surface area is 336 Å². The molecule has 10 bridgehead atoms. The molecule has 7 rings (SSSR count). The van der Waals surface area contributed by atoms with E-state index in [-0.39, 0.29) is 34.0 Å². The molecule has 3 heterocycles. The minimum atomic E-state index is -0.149. The molecule has 0 radical (unpaired) electrons. The van der Waals surface area contributed by atoms with Gasteiger partial charge in [0.25, 0.3) is 0 Å². The molecular weight excluding hydrogens is 697 g/mol. The highest BCUT2D eigenvalue weighted by Crippen LogP contribution is 2.43. The minimum absolute atomic E-state index is 0.110. The smallest absolute Gasteiger partial charge is 0.128 e. The Morgan fingerprint density at radius 1 is 0.429 bits per heavy atom. The van der Waals surface area contributed by atoms with Crippen LogP contribution in [0.1, 0.15) is 150 Å². The van der Waals surface area contributed by atoms with Crippen LogP contribution in [-0.2, 0) is 63.6 Å². The summed E-state index contributed by atoms with van der Waals surface area (Å²) < 4.78 is 32.7. The van der Waals surface area contributed by atoms with Gasteiger partial charge in [-0.15, -0.1) is 0 Å². The largest absolute Gasteiger partial charge is 0.507 e. The van der Waals surface area contributed by atoms with E-state index in [9.17, 15) is 5.11 Å². The maximum atomic E-state index is 12.1. The first kappa shape index (κ1) is 41.6. The Morgan fingerprint density at radius 2 is 0.768 bits per heavy atom. The van der Waals surface area contributed by atoms with Crippen molar-refractivity contribution in [3.8, 4) is 23.0 Å². The molecule has 0 atom stereocenters. The van der Waals surface area contributed by atoms with E-state index in [1.807, 2.05) is 0 Å². The quantitative estimate of drug-likeness (QED) is 0.195. The van der Waals surface area contributed by atoms with Gasteiger partial charge < -0.3 is 28.8 Å². The summed E-state index contributed by atoms with van der Waals surface area (Å²) >= 11 is 0. The third-order valence-corrected chi connectivity index (χ3v) is 11.3. The zero-order chi connectivity index (χ0) is 40.8. The topological polar surface area (TPSA) is 66.4 Å². The Morgan fingerprint density at radius 3 is 1.20 bits per heavy atom. The van der Waals surface area contributed by atoms with E-state index in [0.717, 1.165) is 67.3 Å². The Balaban J connectivity index is 1.73. The molecule has 302 valence electrons. The van der Waals surface area contributed by atoms with Crippen LogP contribution in [0.3, 0.4) is 0 Å². The molecule has 0 saturated carbocycles. The second-order valence-electron chi connectivity index (χ2n) is 20.1. The SMILES string of the molecule is COc1c2cc(C(C)(C)C)cc1Cc1cc(C(C)(C)C)cc3c1OCCOCCOc1c(cc(C(C)(C)C)cc1C2)COCc1cc(C(C)(C)C)cc(c1O)C3. The molecule has 3 aliphatic rings. The molecule has 0 aliphatic carbocycles. The fourth-order valence-corrected chi connectivity index (χ4v) is 7.79. The molecule has 4 aromatic rings. The lowest BCUT2D eigenvalue weighted by Gasteiger charge is -2.28. The summed E-state index contributed by atoms with van der Waals surface area (Å²) in [6, 6.07) is 18.1. The molecule has 3 aliphatic heterocycles. The standard InChI is InChI=1S/C50H66O6/c1-47(2,3)39-21-31-18-34-24-41(49(7,8)9)25-35-19-32-22-40(48(4,5)6)23-33(44(32)52-13)20-36-26-42(50(10,11)12)28-38(30-54-29-37(27-39)43(31)51)46(36)56-17-15-53-14-16-55-45(34)35/h21-28,51H,14-20,29-30H2,1-13H3. The average molecular weight is 763 g/mol. The van der Waals surface area contributed by atoms with Crippen molar-refractivity contribution in [1.82, 2.24) is 0 Å². The summed E-state index contributed by atoms with van der Waals surface area (Å²) in [5, 5.41) is 12.1. The first-order chi connectivity index (χ1) is 26.1. The zero-order valence-corrected chi connectivity index (χ0v) is 36.5. The van der Waals surface area contributed by atoms with E-state index in [1.54, 1.807) is 7.11 Å². The molecule has 1 N–H and O–H groups in total. The number of rotatable bonds is 1. The van der Waals surface area contributed by atoms with Crippen LogP contribution >= 0.6 is 0 Å². The number of fused-ring (bicyclic) bond motifs is 8. The number of methoxy groups -OCH3 is 1. The van der Waals surface area contributed by atoms with Gasteiger partial charge in [0.05, 0.1) is 33.5 Å². The minimum Gasteiger partial charge on any atom is -0.507 e. The van der Waals surface area contributed by atoms with Crippen molar-refractivity contribution in [2.24, 2.45) is 0 Å². The number of ether oxygens (including phenoxy) is 5. The fraction of sp³-hybridized carbons (Fsp3) is 0.520. The van der Waals surface area contributed by atoms with Crippen LogP contribution in [0.25, 0.3) is 0 Å². The summed E-state index contributed by atoms with van der Waals surface area (Å²) in [6.07, 6.45) is 1.72. The van der Waals surface area contributed by atoms with Gasteiger partial charge in [-0.25, -0.2) is 0 Å². The molecule has 6 heteroatoms. The van der Waals surface area contributed by atoms with Crippen molar-refractivity contribution >= 4 is 0 Å². The maximum absolute atomic E-state index is 12.1. The van der Waals surface area contributed by atoms with Gasteiger partial charge in [-0.2, -0.15) is 0 Å². The van der Waals surface area contributed by atoms with E-state index in [2.05, 4.69) is 132 Å². The summed E-state index contributed by atoms with van der Waals surface area (Å²) in [5.41, 5.74) is 12.3. The molecule has 0 amide bonds. The predicted octanol–water partition coefficient (Wildman–Crippen LogP) is 11.2. The van der Waals surface area contributed by atoms with E-state index >= 15 is 0 Å². The van der Waals surface area contributed by atoms with Crippen LogP contribution in [0.4, 0.5) is 0 Å². The van der Waals surface area contributed by atoms with E-state index in [1.165, 1.54) is 16.7 Å². The first-order valence-corrected chi connectivity index (χ1v) is 20.4. The van der Waals surface area contributed by atoms with Crippen molar-refractivity contribution in [3.05, 3.63) is 115 Å². The van der Waals surface area contributed by atoms with Crippen LogP contribution in [0, 0.1) is 0 Å². The summed E-state index contributed by atoms with van der Waals surface area (Å²) in [6.45, 7) is 29.2. The Kier molecular flexibility index (Phi) is 11.7. The van der Waals surface area contributed by atoms with Crippen molar-refractivity contribution in [2.75, 3.05) is 33.5 Å². The van der Waals surface area contributed by atoms with Gasteiger partial charge in [0.2, 0.25) is 0 Å². The van der Waals surface area contributed by atoms with Gasteiger partial charge in [0, 0.05) is 30.4 Å². The summed E-state index contributed by atoms with van der Waals surface area (Å²) in [5.74, 6) is 2.79. The highest BCUT2D eigenvalue weighted by atomic mass is 16.5. The van der Waals surface area contributed by atoms with Gasteiger partial charge in [0.1, 0.15) is 36.2 Å². The lowest BCUT2D eigenvalue weighted by molar-refractivity contribution is 0.0730. The van der Waals surface area contributed by atoms with E-state index < -0.39 is 0 Å². The second kappa shape index (κ2) is 15.7. The summed E-state index contributed by atoms with van der Waals surface area (Å²) in [4.78, 5) is 0. The van der Waals surface area contributed by atoms with Crippen molar-refractivity contribution < 1.29 is 28.8 Å². The highest BCUT2D eigenvalue weighted by Gasteiger charge is 2.28.